The fraction of sp³-hybridized carbons (Fsp3) is 0.667. The number of halogens is 1. The maximum Gasteiger partial charge on any atom is 0.205 e. The molecule has 1 aromatic rings. The van der Waals surface area contributed by atoms with Crippen LogP contribution in [0.4, 0.5) is 4.39 Å². The SMILES string of the molecule is COCCN=C(NC#N)N[C@@H]1CCCC[C@H]1CN1CCC[C@@H](Cc2ccc(F)cc2)C1. The van der Waals surface area contributed by atoms with E-state index in [1.54, 1.807) is 19.2 Å². The molecule has 31 heavy (non-hydrogen) atoms. The van der Waals surface area contributed by atoms with E-state index in [2.05, 4.69) is 20.5 Å². The first-order valence-electron chi connectivity index (χ1n) is 11.6. The highest BCUT2D eigenvalue weighted by Gasteiger charge is 2.29. The Hall–Kier alpha value is -2.17. The van der Waals surface area contributed by atoms with Crippen molar-refractivity contribution in [2.24, 2.45) is 16.8 Å². The number of ether oxygens (including phenoxy) is 1. The van der Waals surface area contributed by atoms with Gasteiger partial charge < -0.3 is 15.0 Å². The van der Waals surface area contributed by atoms with Crippen LogP contribution in [0.1, 0.15) is 44.1 Å². The minimum absolute atomic E-state index is 0.166. The number of nitriles is 1. The van der Waals surface area contributed by atoms with Crippen molar-refractivity contribution in [1.29, 1.82) is 5.26 Å². The number of nitrogens with zero attached hydrogens (tertiary/aromatic N) is 3. The van der Waals surface area contributed by atoms with E-state index in [0.717, 1.165) is 32.5 Å². The van der Waals surface area contributed by atoms with Crippen LogP contribution in [0.2, 0.25) is 0 Å². The molecule has 0 radical (unpaired) electrons. The fourth-order valence-electron chi connectivity index (χ4n) is 4.98. The Bertz CT molecular complexity index is 732. The van der Waals surface area contributed by atoms with Crippen LogP contribution >= 0.6 is 0 Å². The summed E-state index contributed by atoms with van der Waals surface area (Å²) in [6, 6.07) is 7.29. The second-order valence-corrected chi connectivity index (χ2v) is 8.85. The number of hydrogen-bond acceptors (Lipinski definition) is 4. The molecule has 1 aliphatic carbocycles. The zero-order chi connectivity index (χ0) is 21.9. The maximum atomic E-state index is 13.2. The number of methoxy groups -OCH3 is 1. The molecule has 0 amide bonds. The predicted molar refractivity (Wildman–Crippen MR) is 121 cm³/mol. The van der Waals surface area contributed by atoms with Gasteiger partial charge in [0.1, 0.15) is 5.82 Å². The van der Waals surface area contributed by atoms with Gasteiger partial charge in [-0.3, -0.25) is 10.3 Å². The number of guanidine groups is 1. The molecule has 1 heterocycles. The number of piperidine rings is 1. The molecule has 2 aliphatic rings. The van der Waals surface area contributed by atoms with Gasteiger partial charge in [-0.05, 0) is 68.2 Å². The number of benzene rings is 1. The van der Waals surface area contributed by atoms with E-state index in [1.807, 2.05) is 18.3 Å². The molecule has 1 saturated heterocycles. The Morgan fingerprint density at radius 2 is 2.03 bits per heavy atom. The quantitative estimate of drug-likeness (QED) is 0.218. The van der Waals surface area contributed by atoms with E-state index in [9.17, 15) is 4.39 Å². The second-order valence-electron chi connectivity index (χ2n) is 8.85. The van der Waals surface area contributed by atoms with Gasteiger partial charge in [-0.15, -0.1) is 0 Å². The Morgan fingerprint density at radius 3 is 2.81 bits per heavy atom. The molecule has 2 fully saturated rings. The monoisotopic (exact) mass is 429 g/mol. The lowest BCUT2D eigenvalue weighted by Gasteiger charge is -2.39. The smallest absolute Gasteiger partial charge is 0.205 e. The molecule has 0 unspecified atom stereocenters. The largest absolute Gasteiger partial charge is 0.383 e. The molecule has 3 rings (SSSR count). The van der Waals surface area contributed by atoms with E-state index in [0.29, 0.717) is 37.0 Å². The van der Waals surface area contributed by atoms with Crippen molar-refractivity contribution in [3.8, 4) is 6.19 Å². The van der Waals surface area contributed by atoms with Gasteiger partial charge in [-0.1, -0.05) is 25.0 Å². The molecule has 7 heteroatoms. The topological polar surface area (TPSA) is 72.7 Å². The zero-order valence-electron chi connectivity index (χ0n) is 18.7. The van der Waals surface area contributed by atoms with Crippen LogP contribution in [0.5, 0.6) is 0 Å². The number of rotatable bonds is 8. The summed E-state index contributed by atoms with van der Waals surface area (Å²) in [4.78, 5) is 7.06. The van der Waals surface area contributed by atoms with Crippen molar-refractivity contribution < 1.29 is 9.13 Å². The molecule has 6 nitrogen and oxygen atoms in total. The van der Waals surface area contributed by atoms with Crippen molar-refractivity contribution >= 4 is 5.96 Å². The van der Waals surface area contributed by atoms with Gasteiger partial charge in [0.25, 0.3) is 0 Å². The van der Waals surface area contributed by atoms with Gasteiger partial charge in [0.05, 0.1) is 13.2 Å². The first kappa shape index (κ1) is 23.5. The maximum absolute atomic E-state index is 13.2. The number of nitrogens with one attached hydrogen (secondary N) is 2. The molecule has 0 aromatic heterocycles. The summed E-state index contributed by atoms with van der Waals surface area (Å²) in [6.45, 7) is 4.40. The van der Waals surface area contributed by atoms with E-state index >= 15 is 0 Å². The predicted octanol–water partition coefficient (Wildman–Crippen LogP) is 3.30. The lowest BCUT2D eigenvalue weighted by molar-refractivity contribution is 0.125. The van der Waals surface area contributed by atoms with E-state index in [-0.39, 0.29) is 5.82 Å². The third kappa shape index (κ3) is 7.79. The lowest BCUT2D eigenvalue weighted by Crippen LogP contribution is -2.50. The summed E-state index contributed by atoms with van der Waals surface area (Å²) in [6.07, 6.45) is 10.2. The molecule has 1 aromatic carbocycles. The molecular weight excluding hydrogens is 393 g/mol. The number of aliphatic imine (C=N–C) groups is 1. The van der Waals surface area contributed by atoms with Crippen LogP contribution in [-0.2, 0) is 11.2 Å². The normalized spacial score (nSPS) is 25.1. The average Bonchev–Trinajstić information content (AvgIpc) is 2.77. The first-order chi connectivity index (χ1) is 15.2. The summed E-state index contributed by atoms with van der Waals surface area (Å²) in [7, 11) is 1.65. The molecule has 170 valence electrons. The van der Waals surface area contributed by atoms with E-state index in [1.165, 1.54) is 37.7 Å². The third-order valence-electron chi connectivity index (χ3n) is 6.50. The van der Waals surface area contributed by atoms with Crippen molar-refractivity contribution in [2.45, 2.75) is 51.0 Å². The van der Waals surface area contributed by atoms with Crippen molar-refractivity contribution in [3.05, 3.63) is 35.6 Å². The Morgan fingerprint density at radius 1 is 1.23 bits per heavy atom. The van der Waals surface area contributed by atoms with Gasteiger partial charge in [0.2, 0.25) is 5.96 Å². The lowest BCUT2D eigenvalue weighted by atomic mass is 9.83. The van der Waals surface area contributed by atoms with Crippen LogP contribution in [0, 0.1) is 29.1 Å². The minimum Gasteiger partial charge on any atom is -0.383 e. The zero-order valence-corrected chi connectivity index (χ0v) is 18.7. The van der Waals surface area contributed by atoms with Gasteiger partial charge in [-0.25, -0.2) is 4.39 Å². The van der Waals surface area contributed by atoms with Gasteiger partial charge >= 0.3 is 0 Å². The van der Waals surface area contributed by atoms with Crippen LogP contribution in [0.25, 0.3) is 0 Å². The Labute approximate surface area is 185 Å². The molecular formula is C24H36FN5O. The number of hydrogen-bond donors (Lipinski definition) is 2. The van der Waals surface area contributed by atoms with E-state index < -0.39 is 0 Å². The first-order valence-corrected chi connectivity index (χ1v) is 11.6. The number of likely N-dealkylation sites (tertiary alicyclic amines) is 1. The Kier molecular flexibility index (Phi) is 9.57. The molecule has 1 aliphatic heterocycles. The second kappa shape index (κ2) is 12.6. The van der Waals surface area contributed by atoms with Crippen molar-refractivity contribution in [3.63, 3.8) is 0 Å². The summed E-state index contributed by atoms with van der Waals surface area (Å²) in [5.41, 5.74) is 1.23. The highest BCUT2D eigenvalue weighted by atomic mass is 19.1. The molecule has 2 N–H and O–H groups in total. The van der Waals surface area contributed by atoms with Gasteiger partial charge in [0.15, 0.2) is 6.19 Å². The standard InChI is InChI=1S/C24H36FN5O/c1-31-14-12-27-24(28-18-26)29-23-7-3-2-6-21(23)17-30-13-4-5-20(16-30)15-19-8-10-22(25)11-9-19/h8-11,20-21,23H,2-7,12-17H2,1H3,(H2,27,28,29)/t20-,21-,23+/m0/s1. The molecule has 3 atom stereocenters. The third-order valence-corrected chi connectivity index (χ3v) is 6.50. The molecule has 1 saturated carbocycles. The highest BCUT2D eigenvalue weighted by Crippen LogP contribution is 2.28. The summed E-state index contributed by atoms with van der Waals surface area (Å²) < 4.78 is 18.3. The van der Waals surface area contributed by atoms with Crippen molar-refractivity contribution in [2.75, 3.05) is 39.9 Å². The van der Waals surface area contributed by atoms with Gasteiger partial charge in [-0.2, -0.15) is 5.26 Å². The average molecular weight is 430 g/mol. The van der Waals surface area contributed by atoms with Crippen molar-refractivity contribution in [1.82, 2.24) is 15.5 Å². The van der Waals surface area contributed by atoms with Crippen LogP contribution in [0.15, 0.2) is 29.3 Å². The summed E-state index contributed by atoms with van der Waals surface area (Å²) in [5, 5.41) is 15.3. The van der Waals surface area contributed by atoms with E-state index in [4.69, 9.17) is 10.00 Å². The van der Waals surface area contributed by atoms with Crippen LogP contribution < -0.4 is 10.6 Å². The van der Waals surface area contributed by atoms with Crippen LogP contribution in [0.3, 0.4) is 0 Å². The molecule has 0 spiro atoms. The summed E-state index contributed by atoms with van der Waals surface area (Å²) >= 11 is 0. The minimum atomic E-state index is -0.166. The highest BCUT2D eigenvalue weighted by molar-refractivity contribution is 5.81. The van der Waals surface area contributed by atoms with Crippen LogP contribution in [-0.4, -0.2) is 56.8 Å². The fourth-order valence-corrected chi connectivity index (χ4v) is 4.98. The molecule has 0 bridgehead atoms. The van der Waals surface area contributed by atoms with Gasteiger partial charge in [0, 0.05) is 26.2 Å². The summed E-state index contributed by atoms with van der Waals surface area (Å²) in [5.74, 6) is 1.57. The Balaban J connectivity index is 1.55.